The molecule has 0 amide bonds. The van der Waals surface area contributed by atoms with Gasteiger partial charge in [0.2, 0.25) is 10.0 Å². The highest BCUT2D eigenvalue weighted by atomic mass is 32.2. The van der Waals surface area contributed by atoms with E-state index in [-0.39, 0.29) is 17.3 Å². The minimum atomic E-state index is -3.71. The Hall–Kier alpha value is -2.00. The van der Waals surface area contributed by atoms with E-state index in [0.717, 1.165) is 4.31 Å². The van der Waals surface area contributed by atoms with Crippen LogP contribution in [-0.2, 0) is 16.6 Å². The molecule has 9 heteroatoms. The number of nitrogens with zero attached hydrogens (tertiary/aromatic N) is 4. The Labute approximate surface area is 110 Å². The van der Waals surface area contributed by atoms with Crippen molar-refractivity contribution in [3.05, 3.63) is 30.0 Å². The van der Waals surface area contributed by atoms with Crippen LogP contribution in [-0.4, -0.2) is 39.9 Å². The molecule has 0 atom stereocenters. The average molecular weight is 282 g/mol. The summed E-state index contributed by atoms with van der Waals surface area (Å²) in [5.41, 5.74) is 5.59. The maximum Gasteiger partial charge on any atom is 0.246 e. The topological polar surface area (TPSA) is 118 Å². The summed E-state index contributed by atoms with van der Waals surface area (Å²) in [4.78, 5) is 7.81. The van der Waals surface area contributed by atoms with Crippen molar-refractivity contribution in [3.8, 4) is 0 Å². The standard InChI is InChI=1S/C10H14N6O2S/c1-7-13-9(15-14-7)6-16(2)19(17,18)8-4-3-5-12-10(8)11/h3-5H,6H2,1-2H3,(H2,11,12)(H,13,14,15). The third-order valence-electron chi connectivity index (χ3n) is 2.50. The predicted octanol–water partition coefficient (Wildman–Crippen LogP) is -0.0890. The number of H-pyrrole nitrogens is 1. The number of aromatic nitrogens is 4. The van der Waals surface area contributed by atoms with E-state index in [0.29, 0.717) is 11.6 Å². The Bertz CT molecular complexity index is 681. The monoisotopic (exact) mass is 282 g/mol. The molecule has 0 spiro atoms. The zero-order valence-electron chi connectivity index (χ0n) is 10.5. The first-order valence-corrected chi connectivity index (χ1v) is 6.90. The average Bonchev–Trinajstić information content (AvgIpc) is 2.75. The Morgan fingerprint density at radius 1 is 1.47 bits per heavy atom. The highest BCUT2D eigenvalue weighted by Gasteiger charge is 2.24. The number of anilines is 1. The fraction of sp³-hybridized carbons (Fsp3) is 0.300. The van der Waals surface area contributed by atoms with E-state index in [1.54, 1.807) is 6.92 Å². The molecule has 8 nitrogen and oxygen atoms in total. The molecule has 0 aliphatic rings. The summed E-state index contributed by atoms with van der Waals surface area (Å²) in [5.74, 6) is 0.994. The summed E-state index contributed by atoms with van der Waals surface area (Å²) in [5, 5.41) is 6.55. The normalized spacial score (nSPS) is 11.9. The van der Waals surface area contributed by atoms with E-state index in [9.17, 15) is 8.42 Å². The number of aryl methyl sites for hydroxylation is 1. The molecule has 0 saturated heterocycles. The maximum atomic E-state index is 12.3. The number of hydrogen-bond acceptors (Lipinski definition) is 6. The largest absolute Gasteiger partial charge is 0.383 e. The van der Waals surface area contributed by atoms with Gasteiger partial charge in [0.25, 0.3) is 0 Å². The quantitative estimate of drug-likeness (QED) is 0.809. The Morgan fingerprint density at radius 3 is 2.79 bits per heavy atom. The molecule has 2 aromatic rings. The van der Waals surface area contributed by atoms with Gasteiger partial charge in [-0.15, -0.1) is 0 Å². The van der Waals surface area contributed by atoms with Gasteiger partial charge < -0.3 is 5.73 Å². The number of aromatic amines is 1. The van der Waals surface area contributed by atoms with Crippen LogP contribution >= 0.6 is 0 Å². The summed E-state index contributed by atoms with van der Waals surface area (Å²) in [6.07, 6.45) is 1.44. The molecule has 0 aliphatic heterocycles. The molecule has 0 saturated carbocycles. The van der Waals surface area contributed by atoms with Gasteiger partial charge in [-0.1, -0.05) is 0 Å². The van der Waals surface area contributed by atoms with Crippen LogP contribution < -0.4 is 5.73 Å². The van der Waals surface area contributed by atoms with Crippen molar-refractivity contribution in [1.29, 1.82) is 0 Å². The molecule has 2 aromatic heterocycles. The Morgan fingerprint density at radius 2 is 2.21 bits per heavy atom. The molecule has 2 heterocycles. The lowest BCUT2D eigenvalue weighted by molar-refractivity contribution is 0.457. The number of nitrogen functional groups attached to an aromatic ring is 1. The molecule has 0 unspecified atom stereocenters. The van der Waals surface area contributed by atoms with Crippen LogP contribution in [0.5, 0.6) is 0 Å². The van der Waals surface area contributed by atoms with Crippen molar-refractivity contribution in [2.75, 3.05) is 12.8 Å². The third kappa shape index (κ3) is 2.71. The summed E-state index contributed by atoms with van der Waals surface area (Å²) < 4.78 is 25.7. The number of nitrogens with two attached hydrogens (primary N) is 1. The lowest BCUT2D eigenvalue weighted by atomic mass is 10.5. The molecular weight excluding hydrogens is 268 g/mol. The molecule has 0 bridgehead atoms. The molecule has 0 radical (unpaired) electrons. The summed E-state index contributed by atoms with van der Waals surface area (Å²) in [6, 6.07) is 2.94. The minimum Gasteiger partial charge on any atom is -0.383 e. The Kier molecular flexibility index (Phi) is 3.49. The first-order valence-electron chi connectivity index (χ1n) is 5.46. The maximum absolute atomic E-state index is 12.3. The smallest absolute Gasteiger partial charge is 0.246 e. The molecule has 0 aromatic carbocycles. The fourth-order valence-electron chi connectivity index (χ4n) is 1.53. The van der Waals surface area contributed by atoms with E-state index in [1.807, 2.05) is 0 Å². The van der Waals surface area contributed by atoms with Crippen LogP contribution in [0.2, 0.25) is 0 Å². The van der Waals surface area contributed by atoms with Crippen molar-refractivity contribution in [2.45, 2.75) is 18.4 Å². The molecule has 2 rings (SSSR count). The van der Waals surface area contributed by atoms with Crippen molar-refractivity contribution in [1.82, 2.24) is 24.5 Å². The molecule has 102 valence electrons. The lowest BCUT2D eigenvalue weighted by Crippen LogP contribution is -2.28. The summed E-state index contributed by atoms with van der Waals surface area (Å²) >= 11 is 0. The van der Waals surface area contributed by atoms with Gasteiger partial charge in [-0.05, 0) is 19.1 Å². The number of hydrogen-bond donors (Lipinski definition) is 2. The van der Waals surface area contributed by atoms with Crippen LogP contribution in [0, 0.1) is 6.92 Å². The highest BCUT2D eigenvalue weighted by molar-refractivity contribution is 7.89. The lowest BCUT2D eigenvalue weighted by Gasteiger charge is -2.16. The molecule has 3 N–H and O–H groups in total. The number of sulfonamides is 1. The van der Waals surface area contributed by atoms with Gasteiger partial charge in [0.1, 0.15) is 16.5 Å². The van der Waals surface area contributed by atoms with Crippen molar-refractivity contribution >= 4 is 15.8 Å². The predicted molar refractivity (Wildman–Crippen MR) is 68.4 cm³/mol. The molecule has 0 fully saturated rings. The third-order valence-corrected chi connectivity index (χ3v) is 4.35. The van der Waals surface area contributed by atoms with Gasteiger partial charge in [-0.2, -0.15) is 9.40 Å². The summed E-state index contributed by atoms with van der Waals surface area (Å²) in [6.45, 7) is 1.80. The van der Waals surface area contributed by atoms with Crippen LogP contribution in [0.3, 0.4) is 0 Å². The van der Waals surface area contributed by atoms with Crippen LogP contribution in [0.1, 0.15) is 11.6 Å². The number of rotatable bonds is 4. The second-order valence-corrected chi connectivity index (χ2v) is 6.00. The number of nitrogens with one attached hydrogen (secondary N) is 1. The van der Waals surface area contributed by atoms with Crippen molar-refractivity contribution in [3.63, 3.8) is 0 Å². The second kappa shape index (κ2) is 4.94. The van der Waals surface area contributed by atoms with E-state index in [1.165, 1.54) is 25.4 Å². The van der Waals surface area contributed by atoms with Gasteiger partial charge in [0.05, 0.1) is 6.54 Å². The van der Waals surface area contributed by atoms with E-state index in [2.05, 4.69) is 20.2 Å². The van der Waals surface area contributed by atoms with Crippen molar-refractivity contribution < 1.29 is 8.42 Å². The van der Waals surface area contributed by atoms with Gasteiger partial charge in [-0.3, -0.25) is 5.10 Å². The minimum absolute atomic E-state index is 0.0234. The number of pyridine rings is 1. The zero-order valence-corrected chi connectivity index (χ0v) is 11.3. The molecule has 19 heavy (non-hydrogen) atoms. The van der Waals surface area contributed by atoms with Gasteiger partial charge in [0.15, 0.2) is 5.82 Å². The van der Waals surface area contributed by atoms with E-state index >= 15 is 0 Å². The van der Waals surface area contributed by atoms with Crippen LogP contribution in [0.4, 0.5) is 5.82 Å². The van der Waals surface area contributed by atoms with Crippen LogP contribution in [0.25, 0.3) is 0 Å². The zero-order chi connectivity index (χ0) is 14.0. The van der Waals surface area contributed by atoms with Gasteiger partial charge >= 0.3 is 0 Å². The van der Waals surface area contributed by atoms with E-state index < -0.39 is 10.0 Å². The first kappa shape index (κ1) is 13.4. The summed E-state index contributed by atoms with van der Waals surface area (Å²) in [7, 11) is -2.27. The van der Waals surface area contributed by atoms with Crippen LogP contribution in [0.15, 0.2) is 23.2 Å². The SMILES string of the molecule is Cc1nc(CN(C)S(=O)(=O)c2cccnc2N)n[nH]1. The molecule has 0 aliphatic carbocycles. The fourth-order valence-corrected chi connectivity index (χ4v) is 2.72. The van der Waals surface area contributed by atoms with Gasteiger partial charge in [-0.25, -0.2) is 18.4 Å². The first-order chi connectivity index (χ1) is 8.91. The van der Waals surface area contributed by atoms with Gasteiger partial charge in [0, 0.05) is 13.2 Å². The van der Waals surface area contributed by atoms with Crippen molar-refractivity contribution in [2.24, 2.45) is 0 Å². The highest BCUT2D eigenvalue weighted by Crippen LogP contribution is 2.19. The second-order valence-electron chi connectivity index (χ2n) is 3.98. The van der Waals surface area contributed by atoms with E-state index in [4.69, 9.17) is 5.73 Å². The Balaban J connectivity index is 2.27. The molecular formula is C10H14N6O2S.